The monoisotopic (exact) mass is 246 g/mol. The molecule has 1 saturated heterocycles. The molecule has 0 spiro atoms. The molecule has 72 valence electrons. The second kappa shape index (κ2) is 3.38. The maximum atomic E-state index is 5.29. The van der Waals surface area contributed by atoms with Crippen molar-refractivity contribution in [1.82, 2.24) is 10.1 Å². The Morgan fingerprint density at radius 2 is 2.08 bits per heavy atom. The molecule has 4 nitrogen and oxygen atoms in total. The molecule has 0 saturated carbocycles. The lowest BCUT2D eigenvalue weighted by Crippen LogP contribution is -2.30. The summed E-state index contributed by atoms with van der Waals surface area (Å²) in [6.45, 7) is 3.68. The molecule has 1 aromatic rings. The molecule has 5 heteroatoms. The standard InChI is InChI=1S/C8H11BrN2O2/c1-8(2-4-12-5-3-8)6-10-7(9)11-13-6/h2-5H2,1H3. The van der Waals surface area contributed by atoms with E-state index in [4.69, 9.17) is 9.26 Å². The molecule has 0 amide bonds. The third-order valence-corrected chi connectivity index (χ3v) is 2.84. The highest BCUT2D eigenvalue weighted by molar-refractivity contribution is 9.10. The fourth-order valence-corrected chi connectivity index (χ4v) is 1.72. The van der Waals surface area contributed by atoms with Gasteiger partial charge in [0.15, 0.2) is 0 Å². The highest BCUT2D eigenvalue weighted by Gasteiger charge is 2.34. The average Bonchev–Trinajstić information content (AvgIpc) is 2.54. The van der Waals surface area contributed by atoms with Crippen molar-refractivity contribution in [2.45, 2.75) is 25.2 Å². The molecule has 13 heavy (non-hydrogen) atoms. The summed E-state index contributed by atoms with van der Waals surface area (Å²) < 4.78 is 11.0. The van der Waals surface area contributed by atoms with Crippen LogP contribution in [0.25, 0.3) is 0 Å². The molecule has 2 heterocycles. The van der Waals surface area contributed by atoms with Gasteiger partial charge in [-0.1, -0.05) is 6.92 Å². The number of nitrogens with zero attached hydrogens (tertiary/aromatic N) is 2. The fraction of sp³-hybridized carbons (Fsp3) is 0.750. The van der Waals surface area contributed by atoms with E-state index in [1.54, 1.807) is 0 Å². The van der Waals surface area contributed by atoms with Gasteiger partial charge < -0.3 is 9.26 Å². The third kappa shape index (κ3) is 1.76. The smallest absolute Gasteiger partial charge is 0.238 e. The maximum Gasteiger partial charge on any atom is 0.238 e. The molecule has 0 atom stereocenters. The molecule has 0 bridgehead atoms. The van der Waals surface area contributed by atoms with E-state index in [2.05, 4.69) is 33.0 Å². The first-order valence-electron chi connectivity index (χ1n) is 4.28. The second-order valence-corrected chi connectivity index (χ2v) is 4.25. The highest BCUT2D eigenvalue weighted by atomic mass is 79.9. The van der Waals surface area contributed by atoms with Gasteiger partial charge in [-0.3, -0.25) is 0 Å². The minimum absolute atomic E-state index is 0.00271. The van der Waals surface area contributed by atoms with Gasteiger partial charge in [0.05, 0.1) is 5.41 Å². The van der Waals surface area contributed by atoms with Crippen LogP contribution < -0.4 is 0 Å². The fourth-order valence-electron chi connectivity index (χ4n) is 1.49. The van der Waals surface area contributed by atoms with Crippen LogP contribution in [0.15, 0.2) is 9.26 Å². The van der Waals surface area contributed by atoms with Crippen molar-refractivity contribution in [2.75, 3.05) is 13.2 Å². The second-order valence-electron chi connectivity index (χ2n) is 3.54. The number of hydrogen-bond acceptors (Lipinski definition) is 4. The van der Waals surface area contributed by atoms with Crippen LogP contribution in [0.4, 0.5) is 0 Å². The maximum absolute atomic E-state index is 5.29. The van der Waals surface area contributed by atoms with Crippen LogP contribution in [0.3, 0.4) is 0 Å². The first-order chi connectivity index (χ1) is 6.21. The number of halogens is 1. The first kappa shape index (κ1) is 9.15. The zero-order valence-electron chi connectivity index (χ0n) is 7.42. The Labute approximate surface area is 84.8 Å². The van der Waals surface area contributed by atoms with E-state index in [1.807, 2.05) is 0 Å². The van der Waals surface area contributed by atoms with Crippen molar-refractivity contribution < 1.29 is 9.26 Å². The van der Waals surface area contributed by atoms with Gasteiger partial charge in [0.1, 0.15) is 0 Å². The minimum atomic E-state index is -0.00271. The van der Waals surface area contributed by atoms with Crippen LogP contribution in [0.5, 0.6) is 0 Å². The van der Waals surface area contributed by atoms with E-state index in [-0.39, 0.29) is 5.41 Å². The Bertz CT molecular complexity index is 294. The van der Waals surface area contributed by atoms with Gasteiger partial charge in [0, 0.05) is 13.2 Å². The molecule has 0 aliphatic carbocycles. The Morgan fingerprint density at radius 3 is 2.62 bits per heavy atom. The summed E-state index contributed by atoms with van der Waals surface area (Å²) in [5.74, 6) is 0.711. The van der Waals surface area contributed by atoms with Crippen LogP contribution in [0, 0.1) is 0 Å². The topological polar surface area (TPSA) is 48.2 Å². The van der Waals surface area contributed by atoms with Gasteiger partial charge >= 0.3 is 0 Å². The van der Waals surface area contributed by atoms with E-state index in [9.17, 15) is 0 Å². The predicted octanol–water partition coefficient (Wildman–Crippen LogP) is 1.90. The molecule has 1 aliphatic heterocycles. The first-order valence-corrected chi connectivity index (χ1v) is 5.07. The van der Waals surface area contributed by atoms with Crippen molar-refractivity contribution >= 4 is 15.9 Å². The van der Waals surface area contributed by atoms with Crippen LogP contribution in [0.1, 0.15) is 25.7 Å². The van der Waals surface area contributed by atoms with E-state index in [1.165, 1.54) is 0 Å². The van der Waals surface area contributed by atoms with Crippen molar-refractivity contribution in [3.63, 3.8) is 0 Å². The van der Waals surface area contributed by atoms with Crippen molar-refractivity contribution in [3.05, 3.63) is 10.6 Å². The van der Waals surface area contributed by atoms with Gasteiger partial charge in [-0.05, 0) is 33.9 Å². The predicted molar refractivity (Wildman–Crippen MR) is 49.4 cm³/mol. The van der Waals surface area contributed by atoms with Crippen molar-refractivity contribution in [3.8, 4) is 0 Å². The minimum Gasteiger partial charge on any atom is -0.381 e. The molecule has 2 rings (SSSR count). The van der Waals surface area contributed by atoms with Gasteiger partial charge in [-0.25, -0.2) is 0 Å². The average molecular weight is 247 g/mol. The van der Waals surface area contributed by atoms with E-state index in [0.717, 1.165) is 26.1 Å². The molecule has 1 fully saturated rings. The summed E-state index contributed by atoms with van der Waals surface area (Å²) in [5.41, 5.74) is -0.00271. The zero-order chi connectivity index (χ0) is 9.31. The Kier molecular flexibility index (Phi) is 2.38. The molecule has 1 aromatic heterocycles. The number of hydrogen-bond donors (Lipinski definition) is 0. The van der Waals surface area contributed by atoms with E-state index >= 15 is 0 Å². The summed E-state index contributed by atoms with van der Waals surface area (Å²) >= 11 is 3.18. The van der Waals surface area contributed by atoms with Crippen LogP contribution in [-0.2, 0) is 10.2 Å². The van der Waals surface area contributed by atoms with Gasteiger partial charge in [-0.15, -0.1) is 0 Å². The summed E-state index contributed by atoms with van der Waals surface area (Å²) in [6.07, 6.45) is 1.89. The lowest BCUT2D eigenvalue weighted by molar-refractivity contribution is 0.0447. The van der Waals surface area contributed by atoms with Crippen molar-refractivity contribution in [1.29, 1.82) is 0 Å². The zero-order valence-corrected chi connectivity index (χ0v) is 9.00. The molecule has 0 radical (unpaired) electrons. The summed E-state index contributed by atoms with van der Waals surface area (Å²) in [7, 11) is 0. The Morgan fingerprint density at radius 1 is 1.38 bits per heavy atom. The summed E-state index contributed by atoms with van der Waals surface area (Å²) in [5, 5.41) is 3.73. The number of aromatic nitrogens is 2. The quantitative estimate of drug-likeness (QED) is 0.760. The third-order valence-electron chi connectivity index (χ3n) is 2.51. The molecule has 1 aliphatic rings. The van der Waals surface area contributed by atoms with E-state index < -0.39 is 0 Å². The highest BCUT2D eigenvalue weighted by Crippen LogP contribution is 2.33. The normalized spacial score (nSPS) is 21.7. The van der Waals surface area contributed by atoms with E-state index in [0.29, 0.717) is 10.6 Å². The van der Waals surface area contributed by atoms with Crippen LogP contribution in [0.2, 0.25) is 0 Å². The van der Waals surface area contributed by atoms with Crippen LogP contribution in [-0.4, -0.2) is 23.4 Å². The van der Waals surface area contributed by atoms with Crippen LogP contribution >= 0.6 is 15.9 Å². The SMILES string of the molecule is CC1(c2nc(Br)no2)CCOCC1. The summed E-state index contributed by atoms with van der Waals surface area (Å²) in [4.78, 5) is 4.19. The molecule has 0 aromatic carbocycles. The van der Waals surface area contributed by atoms with Gasteiger partial charge in [0.25, 0.3) is 0 Å². The Balaban J connectivity index is 2.22. The lowest BCUT2D eigenvalue weighted by Gasteiger charge is -2.29. The van der Waals surface area contributed by atoms with Gasteiger partial charge in [0.2, 0.25) is 10.6 Å². The van der Waals surface area contributed by atoms with Gasteiger partial charge in [-0.2, -0.15) is 4.98 Å². The molecular formula is C8H11BrN2O2. The molecule has 0 unspecified atom stereocenters. The lowest BCUT2D eigenvalue weighted by atomic mass is 9.82. The number of rotatable bonds is 1. The Hall–Kier alpha value is -0.420. The van der Waals surface area contributed by atoms with Crippen molar-refractivity contribution in [2.24, 2.45) is 0 Å². The number of ether oxygens (including phenoxy) is 1. The summed E-state index contributed by atoms with van der Waals surface area (Å²) in [6, 6.07) is 0. The largest absolute Gasteiger partial charge is 0.381 e. The molecule has 0 N–H and O–H groups in total. The molecular weight excluding hydrogens is 236 g/mol.